The van der Waals surface area contributed by atoms with E-state index in [1.807, 2.05) is 35.3 Å². The van der Waals surface area contributed by atoms with Gasteiger partial charge in [-0.15, -0.1) is 5.10 Å². The van der Waals surface area contributed by atoms with Crippen LogP contribution < -0.4 is 0 Å². The van der Waals surface area contributed by atoms with Crippen molar-refractivity contribution in [2.75, 3.05) is 0 Å². The number of aromatic nitrogens is 7. The highest BCUT2D eigenvalue weighted by Gasteiger charge is 2.26. The molecule has 8 heteroatoms. The molecule has 132 valence electrons. The van der Waals surface area contributed by atoms with E-state index in [4.69, 9.17) is 9.97 Å². The zero-order valence-electron chi connectivity index (χ0n) is 14.6. The minimum absolute atomic E-state index is 0.601. The largest absolute Gasteiger partial charge is 0.251 e. The molecule has 0 amide bonds. The molecule has 1 aliphatic rings. The summed E-state index contributed by atoms with van der Waals surface area (Å²) < 4.78 is 3.67. The van der Waals surface area contributed by atoms with E-state index in [-0.39, 0.29) is 0 Å². The van der Waals surface area contributed by atoms with Crippen LogP contribution in [0.3, 0.4) is 0 Å². The third-order valence-electron chi connectivity index (χ3n) is 5.04. The first-order valence-corrected chi connectivity index (χ1v) is 9.75. The molecule has 5 aromatic rings. The lowest BCUT2D eigenvalue weighted by Crippen LogP contribution is -1.96. The average molecular weight is 373 g/mol. The zero-order chi connectivity index (χ0) is 18.0. The Morgan fingerprint density at radius 3 is 2.93 bits per heavy atom. The van der Waals surface area contributed by atoms with Crippen molar-refractivity contribution in [2.24, 2.45) is 7.05 Å². The van der Waals surface area contributed by atoms with Crippen molar-refractivity contribution in [2.45, 2.75) is 18.8 Å². The molecule has 0 aliphatic heterocycles. The van der Waals surface area contributed by atoms with Gasteiger partial charge < -0.3 is 0 Å². The van der Waals surface area contributed by atoms with Gasteiger partial charge in [0.05, 0.1) is 11.2 Å². The van der Waals surface area contributed by atoms with E-state index in [1.165, 1.54) is 24.2 Å². The Hall–Kier alpha value is -3.13. The number of benzene rings is 1. The first-order chi connectivity index (χ1) is 13.3. The summed E-state index contributed by atoms with van der Waals surface area (Å²) in [5.41, 5.74) is 8.57. The van der Waals surface area contributed by atoms with E-state index in [2.05, 4.69) is 33.6 Å². The molecule has 1 saturated carbocycles. The van der Waals surface area contributed by atoms with Crippen molar-refractivity contribution in [3.05, 3.63) is 47.6 Å². The lowest BCUT2D eigenvalue weighted by molar-refractivity contribution is 0.736. The summed E-state index contributed by atoms with van der Waals surface area (Å²) in [4.78, 5) is 10.7. The first-order valence-electron chi connectivity index (χ1n) is 8.87. The Labute approximate surface area is 158 Å². The van der Waals surface area contributed by atoms with Crippen LogP contribution in [0.5, 0.6) is 0 Å². The normalized spacial score (nSPS) is 14.4. The maximum Gasteiger partial charge on any atom is 0.213 e. The van der Waals surface area contributed by atoms with Crippen LogP contribution >= 0.6 is 11.3 Å². The van der Waals surface area contributed by atoms with Crippen molar-refractivity contribution in [1.29, 1.82) is 0 Å². The van der Waals surface area contributed by atoms with E-state index >= 15 is 0 Å². The fourth-order valence-corrected chi connectivity index (χ4v) is 4.11. The Kier molecular flexibility index (Phi) is 3.01. The highest BCUT2D eigenvalue weighted by Crippen LogP contribution is 2.40. The molecular formula is C19H15N7S. The maximum absolute atomic E-state index is 4.94. The molecule has 1 aromatic carbocycles. The van der Waals surface area contributed by atoms with Crippen LogP contribution in [0.25, 0.3) is 38.6 Å². The molecule has 0 spiro atoms. The number of aryl methyl sites for hydroxylation is 1. The molecule has 0 saturated heterocycles. The summed E-state index contributed by atoms with van der Waals surface area (Å²) in [6, 6.07) is 12.3. The van der Waals surface area contributed by atoms with Crippen molar-refractivity contribution in [1.82, 2.24) is 34.6 Å². The molecule has 0 bridgehead atoms. The number of fused-ring (bicyclic) bond motifs is 2. The first kappa shape index (κ1) is 15.0. The van der Waals surface area contributed by atoms with Gasteiger partial charge in [0.2, 0.25) is 4.96 Å². The van der Waals surface area contributed by atoms with E-state index in [9.17, 15) is 0 Å². The number of imidazole rings is 1. The van der Waals surface area contributed by atoms with Gasteiger partial charge in [-0.3, -0.25) is 4.98 Å². The highest BCUT2D eigenvalue weighted by atomic mass is 32.1. The zero-order valence-corrected chi connectivity index (χ0v) is 15.4. The third-order valence-corrected chi connectivity index (χ3v) is 5.71. The fraction of sp³-hybridized carbons (Fsp3) is 0.211. The molecule has 6 rings (SSSR count). The second-order valence-electron chi connectivity index (χ2n) is 6.88. The van der Waals surface area contributed by atoms with E-state index in [0.717, 1.165) is 44.3 Å². The standard InChI is InChI=1S/C19H15N7S/c1-25-16-9-12(7-8-14(16)23-24-25)17-18(26-19(22-17)27-10-20-26)15-4-2-3-13(21-15)11-5-6-11/h2-4,7-11H,5-6H2,1H3. The molecule has 7 nitrogen and oxygen atoms in total. The molecule has 0 atom stereocenters. The van der Waals surface area contributed by atoms with Gasteiger partial charge in [-0.2, -0.15) is 5.10 Å². The van der Waals surface area contributed by atoms with Gasteiger partial charge in [-0.05, 0) is 37.1 Å². The van der Waals surface area contributed by atoms with Crippen LogP contribution in [-0.2, 0) is 7.05 Å². The Bertz CT molecular complexity index is 1310. The summed E-state index contributed by atoms with van der Waals surface area (Å²) in [7, 11) is 1.90. The van der Waals surface area contributed by atoms with E-state index < -0.39 is 0 Å². The Morgan fingerprint density at radius 1 is 1.11 bits per heavy atom. The minimum atomic E-state index is 0.601. The number of hydrogen-bond donors (Lipinski definition) is 0. The predicted molar refractivity (Wildman–Crippen MR) is 104 cm³/mol. The summed E-state index contributed by atoms with van der Waals surface area (Å²) in [6.07, 6.45) is 2.46. The van der Waals surface area contributed by atoms with Crippen molar-refractivity contribution in [3.8, 4) is 22.6 Å². The van der Waals surface area contributed by atoms with Crippen LogP contribution in [0.4, 0.5) is 0 Å². The SMILES string of the molecule is Cn1nnc2ccc(-c3nc4scnn4c3-c3cccc(C4CC4)n3)cc21. The summed E-state index contributed by atoms with van der Waals surface area (Å²) >= 11 is 1.53. The molecule has 0 N–H and O–H groups in total. The molecule has 1 fully saturated rings. The van der Waals surface area contributed by atoms with Crippen LogP contribution in [-0.4, -0.2) is 34.6 Å². The predicted octanol–water partition coefficient (Wildman–Crippen LogP) is 3.68. The second-order valence-corrected chi connectivity index (χ2v) is 7.69. The number of pyridine rings is 1. The van der Waals surface area contributed by atoms with Gasteiger partial charge >= 0.3 is 0 Å². The lowest BCUT2D eigenvalue weighted by atomic mass is 10.1. The lowest BCUT2D eigenvalue weighted by Gasteiger charge is -2.06. The number of rotatable bonds is 3. The minimum Gasteiger partial charge on any atom is -0.251 e. The van der Waals surface area contributed by atoms with E-state index in [0.29, 0.717) is 5.92 Å². The molecular weight excluding hydrogens is 358 g/mol. The van der Waals surface area contributed by atoms with Gasteiger partial charge in [0.15, 0.2) is 0 Å². The van der Waals surface area contributed by atoms with Crippen LogP contribution in [0.2, 0.25) is 0 Å². The highest BCUT2D eigenvalue weighted by molar-refractivity contribution is 7.14. The van der Waals surface area contributed by atoms with Crippen LogP contribution in [0, 0.1) is 0 Å². The second kappa shape index (κ2) is 5.43. The summed E-state index contributed by atoms with van der Waals surface area (Å²) in [6.45, 7) is 0. The summed E-state index contributed by atoms with van der Waals surface area (Å²) in [5, 5.41) is 12.8. The van der Waals surface area contributed by atoms with Crippen molar-refractivity contribution < 1.29 is 0 Å². The van der Waals surface area contributed by atoms with Gasteiger partial charge in [-0.1, -0.05) is 28.7 Å². The van der Waals surface area contributed by atoms with Crippen LogP contribution in [0.15, 0.2) is 41.9 Å². The molecule has 27 heavy (non-hydrogen) atoms. The third kappa shape index (κ3) is 2.30. The van der Waals surface area contributed by atoms with Gasteiger partial charge in [0.25, 0.3) is 0 Å². The smallest absolute Gasteiger partial charge is 0.213 e. The Morgan fingerprint density at radius 2 is 2.04 bits per heavy atom. The van der Waals surface area contributed by atoms with Gasteiger partial charge in [0, 0.05) is 24.2 Å². The van der Waals surface area contributed by atoms with E-state index in [1.54, 1.807) is 4.68 Å². The van der Waals surface area contributed by atoms with Crippen molar-refractivity contribution in [3.63, 3.8) is 0 Å². The fourth-order valence-electron chi connectivity index (χ4n) is 3.49. The summed E-state index contributed by atoms with van der Waals surface area (Å²) in [5.74, 6) is 0.601. The topological polar surface area (TPSA) is 73.8 Å². The monoisotopic (exact) mass is 373 g/mol. The quantitative estimate of drug-likeness (QED) is 0.482. The number of hydrogen-bond acceptors (Lipinski definition) is 6. The van der Waals surface area contributed by atoms with Crippen LogP contribution in [0.1, 0.15) is 24.5 Å². The molecule has 4 heterocycles. The van der Waals surface area contributed by atoms with Gasteiger partial charge in [0.1, 0.15) is 22.4 Å². The average Bonchev–Trinajstić information content (AvgIpc) is 3.19. The van der Waals surface area contributed by atoms with Crippen molar-refractivity contribution >= 4 is 27.3 Å². The number of nitrogens with zero attached hydrogens (tertiary/aromatic N) is 7. The molecule has 4 aromatic heterocycles. The molecule has 0 radical (unpaired) electrons. The van der Waals surface area contributed by atoms with Gasteiger partial charge in [-0.25, -0.2) is 14.2 Å². The molecule has 1 aliphatic carbocycles. The molecule has 0 unspecified atom stereocenters. The maximum atomic E-state index is 4.94. The Balaban J connectivity index is 1.60.